The maximum absolute atomic E-state index is 11.2. The Hall–Kier alpha value is -2.35. The molecule has 0 atom stereocenters. The lowest BCUT2D eigenvalue weighted by atomic mass is 10.0. The lowest BCUT2D eigenvalue weighted by Gasteiger charge is -2.17. The van der Waals surface area contributed by atoms with Crippen LogP contribution in [0.1, 0.15) is 23.2 Å². The molecule has 3 aromatic rings. The van der Waals surface area contributed by atoms with Gasteiger partial charge in [-0.05, 0) is 54.8 Å². The molecular weight excluding hydrogens is 434 g/mol. The van der Waals surface area contributed by atoms with Crippen LogP contribution in [0.3, 0.4) is 0 Å². The molecule has 2 heterocycles. The lowest BCUT2D eigenvalue weighted by molar-refractivity contribution is -0.128. The summed E-state index contributed by atoms with van der Waals surface area (Å²) in [6.45, 7) is 3.44. The molecule has 0 fully saturated rings. The number of halogens is 1. The second-order valence-electron chi connectivity index (χ2n) is 7.20. The molecule has 0 aliphatic carbocycles. The largest absolute Gasteiger partial charge is 0.494 e. The molecule has 1 aromatic heterocycles. The van der Waals surface area contributed by atoms with Crippen molar-refractivity contribution in [1.29, 1.82) is 0 Å². The number of fused-ring (bicyclic) bond motifs is 3. The van der Waals surface area contributed by atoms with Gasteiger partial charge in [0.1, 0.15) is 5.75 Å². The molecule has 6 nitrogen and oxygen atoms in total. The fraction of sp³-hybridized carbons (Fsp3) is 0.318. The Kier molecular flexibility index (Phi) is 6.18. The van der Waals surface area contributed by atoms with Gasteiger partial charge in [0.05, 0.1) is 13.0 Å². The van der Waals surface area contributed by atoms with Crippen molar-refractivity contribution in [1.82, 2.24) is 15.4 Å². The van der Waals surface area contributed by atoms with E-state index in [9.17, 15) is 4.79 Å². The molecule has 1 aliphatic heterocycles. The highest BCUT2D eigenvalue weighted by molar-refractivity contribution is 9.10. The van der Waals surface area contributed by atoms with Gasteiger partial charge in [-0.1, -0.05) is 34.1 Å². The maximum Gasteiger partial charge on any atom is 0.247 e. The van der Waals surface area contributed by atoms with Crippen LogP contribution in [0.5, 0.6) is 5.75 Å². The number of aromatic nitrogens is 1. The molecule has 4 rings (SSSR count). The Balaban J connectivity index is 1.40. The van der Waals surface area contributed by atoms with Crippen LogP contribution in [0.25, 0.3) is 10.9 Å². The number of benzene rings is 2. The fourth-order valence-corrected chi connectivity index (χ4v) is 4.57. The highest BCUT2D eigenvalue weighted by atomic mass is 79.9. The Morgan fingerprint density at radius 1 is 1.24 bits per heavy atom. The number of nitrogens with one attached hydrogen (secondary N) is 2. The first-order chi connectivity index (χ1) is 14.2. The van der Waals surface area contributed by atoms with Crippen LogP contribution in [0.4, 0.5) is 0 Å². The van der Waals surface area contributed by atoms with E-state index in [-0.39, 0.29) is 6.42 Å². The van der Waals surface area contributed by atoms with E-state index < -0.39 is 5.91 Å². The number of hydrogen-bond donors (Lipinski definition) is 3. The van der Waals surface area contributed by atoms with Crippen molar-refractivity contribution in [3.63, 3.8) is 0 Å². The van der Waals surface area contributed by atoms with Gasteiger partial charge in [-0.3, -0.25) is 10.0 Å². The first kappa shape index (κ1) is 19.9. The summed E-state index contributed by atoms with van der Waals surface area (Å²) in [5, 5.41) is 13.4. The van der Waals surface area contributed by atoms with E-state index in [0.29, 0.717) is 6.61 Å². The van der Waals surface area contributed by atoms with Gasteiger partial charge < -0.3 is 14.6 Å². The first-order valence-electron chi connectivity index (χ1n) is 9.81. The third-order valence-electron chi connectivity index (χ3n) is 5.31. The normalized spacial score (nSPS) is 13.3. The van der Waals surface area contributed by atoms with Gasteiger partial charge in [-0.2, -0.15) is 0 Å². The lowest BCUT2D eigenvalue weighted by Crippen LogP contribution is -2.25. The number of rotatable bonds is 7. The third-order valence-corrected chi connectivity index (χ3v) is 5.97. The van der Waals surface area contributed by atoms with E-state index in [0.717, 1.165) is 48.3 Å². The minimum atomic E-state index is -0.429. The highest BCUT2D eigenvalue weighted by Gasteiger charge is 2.20. The van der Waals surface area contributed by atoms with Gasteiger partial charge in [0.15, 0.2) is 0 Å². The van der Waals surface area contributed by atoms with Crippen LogP contribution in [-0.2, 0) is 30.7 Å². The fourth-order valence-electron chi connectivity index (χ4n) is 3.98. The van der Waals surface area contributed by atoms with Gasteiger partial charge in [0, 0.05) is 34.2 Å². The van der Waals surface area contributed by atoms with Crippen LogP contribution in [0.2, 0.25) is 0 Å². The zero-order valence-electron chi connectivity index (χ0n) is 16.1. The monoisotopic (exact) mass is 457 g/mol. The van der Waals surface area contributed by atoms with Crippen molar-refractivity contribution in [2.75, 3.05) is 13.2 Å². The Morgan fingerprint density at radius 3 is 2.86 bits per heavy atom. The van der Waals surface area contributed by atoms with Gasteiger partial charge >= 0.3 is 0 Å². The van der Waals surface area contributed by atoms with Crippen LogP contribution < -0.4 is 15.5 Å². The predicted octanol–water partition coefficient (Wildman–Crippen LogP) is 3.57. The molecule has 1 aliphatic rings. The zero-order chi connectivity index (χ0) is 20.2. The smallest absolute Gasteiger partial charge is 0.247 e. The number of aryl methyl sites for hydroxylation is 1. The molecule has 152 valence electrons. The second-order valence-corrected chi connectivity index (χ2v) is 8.05. The summed E-state index contributed by atoms with van der Waals surface area (Å²) in [5.41, 5.74) is 6.58. The van der Waals surface area contributed by atoms with Gasteiger partial charge in [-0.15, -0.1) is 0 Å². The van der Waals surface area contributed by atoms with E-state index in [2.05, 4.69) is 44.0 Å². The summed E-state index contributed by atoms with van der Waals surface area (Å²) in [6, 6.07) is 13.8. The molecule has 29 heavy (non-hydrogen) atoms. The molecule has 0 saturated heterocycles. The predicted molar refractivity (Wildman–Crippen MR) is 115 cm³/mol. The topological polar surface area (TPSA) is 75.5 Å². The van der Waals surface area contributed by atoms with Gasteiger partial charge in [0.2, 0.25) is 5.91 Å². The van der Waals surface area contributed by atoms with Crippen molar-refractivity contribution in [2.45, 2.75) is 32.4 Å². The number of ether oxygens (including phenoxy) is 1. The third kappa shape index (κ3) is 4.32. The molecule has 1 amide bonds. The van der Waals surface area contributed by atoms with Crippen LogP contribution in [-0.4, -0.2) is 28.8 Å². The number of carbonyl (C=O) groups excluding carboxylic acids is 1. The first-order valence-corrected chi connectivity index (χ1v) is 10.6. The summed E-state index contributed by atoms with van der Waals surface area (Å²) in [7, 11) is 0. The maximum atomic E-state index is 11.2. The van der Waals surface area contributed by atoms with Crippen molar-refractivity contribution < 1.29 is 14.7 Å². The number of hydroxylamine groups is 1. The Labute approximate surface area is 177 Å². The quantitative estimate of drug-likeness (QED) is 0.288. The number of hydrogen-bond acceptors (Lipinski definition) is 4. The minimum absolute atomic E-state index is 0.145. The van der Waals surface area contributed by atoms with Gasteiger partial charge in [-0.25, -0.2) is 5.48 Å². The molecular formula is C22H24BrN3O3. The standard InChI is InChI=1S/C22H24BrN3O3/c23-18-3-1-4-19-22(18)17-9-10-24-14-20(17)26(19)11-2-12-29-16-7-5-15(6-8-16)13-21(27)25-28/h1,3-8,24,28H,2,9-14H2,(H,25,27). The van der Waals surface area contributed by atoms with Crippen molar-refractivity contribution in [2.24, 2.45) is 0 Å². The molecule has 0 spiro atoms. The SMILES string of the molecule is O=C(Cc1ccc(OCCCn2c3c(c4c(Br)cccc42)CCNC3)cc1)NO. The molecule has 0 bridgehead atoms. The van der Waals surface area contributed by atoms with E-state index in [1.54, 1.807) is 5.48 Å². The Bertz CT molecular complexity index is 1010. The van der Waals surface area contributed by atoms with Crippen molar-refractivity contribution in [3.8, 4) is 5.75 Å². The van der Waals surface area contributed by atoms with E-state index in [1.807, 2.05) is 24.3 Å². The van der Waals surface area contributed by atoms with Crippen molar-refractivity contribution >= 4 is 32.7 Å². The molecule has 0 unspecified atom stereocenters. The second kappa shape index (κ2) is 8.98. The summed E-state index contributed by atoms with van der Waals surface area (Å²) in [6.07, 6.45) is 2.10. The summed E-state index contributed by atoms with van der Waals surface area (Å²) < 4.78 is 9.47. The number of carbonyl (C=O) groups is 1. The summed E-state index contributed by atoms with van der Waals surface area (Å²) >= 11 is 3.73. The summed E-state index contributed by atoms with van der Waals surface area (Å²) in [5.74, 6) is 0.351. The van der Waals surface area contributed by atoms with Crippen LogP contribution in [0.15, 0.2) is 46.9 Å². The highest BCUT2D eigenvalue weighted by Crippen LogP contribution is 2.34. The molecule has 3 N–H and O–H groups in total. The Morgan fingerprint density at radius 2 is 2.07 bits per heavy atom. The van der Waals surface area contributed by atoms with E-state index in [4.69, 9.17) is 9.94 Å². The zero-order valence-corrected chi connectivity index (χ0v) is 17.7. The number of nitrogens with zero attached hydrogens (tertiary/aromatic N) is 1. The number of amides is 1. The molecule has 0 radical (unpaired) electrons. The average Bonchev–Trinajstić information content (AvgIpc) is 3.07. The van der Waals surface area contributed by atoms with Gasteiger partial charge in [0.25, 0.3) is 0 Å². The van der Waals surface area contributed by atoms with Crippen LogP contribution >= 0.6 is 15.9 Å². The van der Waals surface area contributed by atoms with Crippen LogP contribution in [0, 0.1) is 0 Å². The van der Waals surface area contributed by atoms with E-state index >= 15 is 0 Å². The van der Waals surface area contributed by atoms with E-state index in [1.165, 1.54) is 22.2 Å². The summed E-state index contributed by atoms with van der Waals surface area (Å²) in [4.78, 5) is 11.2. The minimum Gasteiger partial charge on any atom is -0.494 e. The molecule has 0 saturated carbocycles. The van der Waals surface area contributed by atoms with Crippen molar-refractivity contribution in [3.05, 3.63) is 63.8 Å². The average molecular weight is 458 g/mol. The molecule has 2 aromatic carbocycles. The molecule has 7 heteroatoms.